The summed E-state index contributed by atoms with van der Waals surface area (Å²) in [5.41, 5.74) is 1.34. The first kappa shape index (κ1) is 8.70. The van der Waals surface area contributed by atoms with E-state index < -0.39 is 0 Å². The van der Waals surface area contributed by atoms with E-state index in [1.807, 2.05) is 6.08 Å². The summed E-state index contributed by atoms with van der Waals surface area (Å²) < 4.78 is 0. The van der Waals surface area contributed by atoms with Gasteiger partial charge in [-0.3, -0.25) is 4.79 Å². The number of allylic oxidation sites excluding steroid dienone is 4. The van der Waals surface area contributed by atoms with E-state index in [0.29, 0.717) is 12.3 Å². The van der Waals surface area contributed by atoms with E-state index in [1.54, 1.807) is 6.08 Å². The van der Waals surface area contributed by atoms with Crippen molar-refractivity contribution in [3.63, 3.8) is 0 Å². The van der Waals surface area contributed by atoms with Crippen molar-refractivity contribution in [1.29, 1.82) is 0 Å². The van der Waals surface area contributed by atoms with Crippen LogP contribution in [-0.4, -0.2) is 18.9 Å². The second-order valence-corrected chi connectivity index (χ2v) is 3.77. The van der Waals surface area contributed by atoms with E-state index in [9.17, 15) is 4.79 Å². The maximum atomic E-state index is 11.2. The van der Waals surface area contributed by atoms with Gasteiger partial charge in [0.2, 0.25) is 0 Å². The van der Waals surface area contributed by atoms with E-state index in [1.165, 1.54) is 18.4 Å². The lowest BCUT2D eigenvalue weighted by molar-refractivity contribution is -0.114. The quantitative estimate of drug-likeness (QED) is 0.656. The first-order chi connectivity index (χ1) is 6.36. The van der Waals surface area contributed by atoms with Crippen LogP contribution in [0.5, 0.6) is 0 Å². The number of hydrogen-bond acceptors (Lipinski definition) is 2. The summed E-state index contributed by atoms with van der Waals surface area (Å²) in [4.78, 5) is 11.2. The van der Waals surface area contributed by atoms with Gasteiger partial charge >= 0.3 is 0 Å². The van der Waals surface area contributed by atoms with Crippen LogP contribution in [0.25, 0.3) is 0 Å². The molecule has 0 saturated carbocycles. The standard InChI is InChI=1S/C11H15NO/c13-11-3-1-2-10(8-11)9-4-6-12-7-5-9/h1-3,9,12H,4-8H2. The molecule has 0 aromatic carbocycles. The van der Waals surface area contributed by atoms with Gasteiger partial charge in [0.1, 0.15) is 0 Å². The molecule has 0 bridgehead atoms. The van der Waals surface area contributed by atoms with E-state index in [0.717, 1.165) is 13.1 Å². The Kier molecular flexibility index (Phi) is 2.60. The van der Waals surface area contributed by atoms with Crippen LogP contribution in [-0.2, 0) is 4.79 Å². The van der Waals surface area contributed by atoms with Crippen LogP contribution in [0.1, 0.15) is 19.3 Å². The molecule has 0 aromatic rings. The molecule has 2 rings (SSSR count). The first-order valence-corrected chi connectivity index (χ1v) is 4.97. The highest BCUT2D eigenvalue weighted by Crippen LogP contribution is 2.26. The summed E-state index contributed by atoms with van der Waals surface area (Å²) in [5, 5.41) is 3.33. The molecule has 70 valence electrons. The predicted molar refractivity (Wildman–Crippen MR) is 52.4 cm³/mol. The highest BCUT2D eigenvalue weighted by Gasteiger charge is 2.19. The number of rotatable bonds is 1. The van der Waals surface area contributed by atoms with Crippen LogP contribution in [0.2, 0.25) is 0 Å². The molecular weight excluding hydrogens is 162 g/mol. The molecule has 0 unspecified atom stereocenters. The van der Waals surface area contributed by atoms with Crippen LogP contribution < -0.4 is 5.32 Å². The van der Waals surface area contributed by atoms with Crippen LogP contribution in [0, 0.1) is 5.92 Å². The lowest BCUT2D eigenvalue weighted by Crippen LogP contribution is -2.29. The third kappa shape index (κ3) is 2.07. The van der Waals surface area contributed by atoms with E-state index in [4.69, 9.17) is 0 Å². The molecule has 1 aliphatic carbocycles. The summed E-state index contributed by atoms with van der Waals surface area (Å²) in [5.74, 6) is 0.909. The van der Waals surface area contributed by atoms with Gasteiger partial charge in [0.25, 0.3) is 0 Å². The second kappa shape index (κ2) is 3.88. The first-order valence-electron chi connectivity index (χ1n) is 4.97. The topological polar surface area (TPSA) is 29.1 Å². The Morgan fingerprint density at radius 1 is 1.31 bits per heavy atom. The van der Waals surface area contributed by atoms with Gasteiger partial charge in [-0.1, -0.05) is 17.7 Å². The highest BCUT2D eigenvalue weighted by atomic mass is 16.1. The number of nitrogens with one attached hydrogen (secondary N) is 1. The summed E-state index contributed by atoms with van der Waals surface area (Å²) in [7, 11) is 0. The molecule has 0 radical (unpaired) electrons. The molecule has 2 nitrogen and oxygen atoms in total. The van der Waals surface area contributed by atoms with Crippen molar-refractivity contribution in [1.82, 2.24) is 5.32 Å². The van der Waals surface area contributed by atoms with Crippen LogP contribution in [0.15, 0.2) is 23.8 Å². The molecule has 13 heavy (non-hydrogen) atoms. The Morgan fingerprint density at radius 3 is 2.77 bits per heavy atom. The molecule has 1 saturated heterocycles. The second-order valence-electron chi connectivity index (χ2n) is 3.77. The molecule has 1 heterocycles. The number of carbonyl (C=O) groups is 1. The Morgan fingerprint density at radius 2 is 2.08 bits per heavy atom. The van der Waals surface area contributed by atoms with Gasteiger partial charge in [-0.15, -0.1) is 0 Å². The molecule has 0 atom stereocenters. The molecular formula is C11H15NO. The van der Waals surface area contributed by atoms with Crippen molar-refractivity contribution in [2.45, 2.75) is 19.3 Å². The van der Waals surface area contributed by atoms with Crippen molar-refractivity contribution >= 4 is 5.78 Å². The summed E-state index contributed by atoms with van der Waals surface area (Å²) >= 11 is 0. The van der Waals surface area contributed by atoms with Crippen molar-refractivity contribution in [2.75, 3.05) is 13.1 Å². The third-order valence-corrected chi connectivity index (χ3v) is 2.83. The Balaban J connectivity index is 2.02. The zero-order valence-electron chi connectivity index (χ0n) is 7.75. The van der Waals surface area contributed by atoms with Gasteiger partial charge in [-0.05, 0) is 37.9 Å². The molecule has 2 heteroatoms. The molecule has 0 amide bonds. The lowest BCUT2D eigenvalue weighted by Gasteiger charge is -2.25. The fraction of sp³-hybridized carbons (Fsp3) is 0.545. The minimum atomic E-state index is 0.260. The van der Waals surface area contributed by atoms with Crippen LogP contribution >= 0.6 is 0 Å². The third-order valence-electron chi connectivity index (χ3n) is 2.83. The molecule has 2 aliphatic rings. The average molecular weight is 177 g/mol. The zero-order valence-corrected chi connectivity index (χ0v) is 7.75. The number of piperidine rings is 1. The SMILES string of the molecule is O=C1C=CC=C(C2CCNCC2)C1. The van der Waals surface area contributed by atoms with Gasteiger partial charge in [-0.2, -0.15) is 0 Å². The maximum absolute atomic E-state index is 11.2. The van der Waals surface area contributed by atoms with Crippen LogP contribution in [0.4, 0.5) is 0 Å². The molecule has 1 N–H and O–H groups in total. The molecule has 0 spiro atoms. The van der Waals surface area contributed by atoms with E-state index in [2.05, 4.69) is 11.4 Å². The van der Waals surface area contributed by atoms with Gasteiger partial charge in [0, 0.05) is 6.42 Å². The maximum Gasteiger partial charge on any atom is 0.159 e. The van der Waals surface area contributed by atoms with Crippen LogP contribution in [0.3, 0.4) is 0 Å². The molecule has 0 aromatic heterocycles. The normalized spacial score (nSPS) is 24.6. The van der Waals surface area contributed by atoms with E-state index >= 15 is 0 Å². The monoisotopic (exact) mass is 177 g/mol. The molecule has 1 fully saturated rings. The number of carbonyl (C=O) groups excluding carboxylic acids is 1. The van der Waals surface area contributed by atoms with Crippen molar-refractivity contribution in [2.24, 2.45) is 5.92 Å². The highest BCUT2D eigenvalue weighted by molar-refractivity contribution is 5.93. The van der Waals surface area contributed by atoms with Crippen molar-refractivity contribution in [3.05, 3.63) is 23.8 Å². The Labute approximate surface area is 78.7 Å². The molecule has 1 aliphatic heterocycles. The van der Waals surface area contributed by atoms with E-state index in [-0.39, 0.29) is 5.78 Å². The number of ketones is 1. The van der Waals surface area contributed by atoms with Crippen molar-refractivity contribution < 1.29 is 4.79 Å². The van der Waals surface area contributed by atoms with Gasteiger partial charge in [0.05, 0.1) is 0 Å². The Bertz CT molecular complexity index is 259. The zero-order chi connectivity index (χ0) is 9.10. The fourth-order valence-corrected chi connectivity index (χ4v) is 2.07. The van der Waals surface area contributed by atoms with Crippen molar-refractivity contribution in [3.8, 4) is 0 Å². The minimum Gasteiger partial charge on any atom is -0.317 e. The minimum absolute atomic E-state index is 0.260. The summed E-state index contributed by atoms with van der Waals surface area (Å²) in [6.07, 6.45) is 8.71. The fourth-order valence-electron chi connectivity index (χ4n) is 2.07. The largest absolute Gasteiger partial charge is 0.317 e. The summed E-state index contributed by atoms with van der Waals surface area (Å²) in [6, 6.07) is 0. The summed E-state index contributed by atoms with van der Waals surface area (Å²) in [6.45, 7) is 2.19. The average Bonchev–Trinajstić information content (AvgIpc) is 2.19. The predicted octanol–water partition coefficient (Wildman–Crippen LogP) is 1.44. The smallest absolute Gasteiger partial charge is 0.159 e. The lowest BCUT2D eigenvalue weighted by atomic mass is 9.85. The Hall–Kier alpha value is -0.890. The van der Waals surface area contributed by atoms with Gasteiger partial charge in [-0.25, -0.2) is 0 Å². The number of hydrogen-bond donors (Lipinski definition) is 1. The van der Waals surface area contributed by atoms with Gasteiger partial charge in [0.15, 0.2) is 5.78 Å². The van der Waals surface area contributed by atoms with Gasteiger partial charge < -0.3 is 5.32 Å².